The van der Waals surface area contributed by atoms with E-state index >= 15 is 0 Å². The number of hydrogen-bond acceptors (Lipinski definition) is 2. The number of amides is 1. The summed E-state index contributed by atoms with van der Waals surface area (Å²) in [6, 6.07) is -0.453. The second-order valence-electron chi connectivity index (χ2n) is 3.36. The van der Waals surface area contributed by atoms with Gasteiger partial charge in [-0.2, -0.15) is 13.2 Å². The number of likely N-dealkylation sites (tertiary alicyclic amines) is 1. The monoisotopic (exact) mass is 210 g/mol. The number of nitrogens with zero attached hydrogens (tertiary/aromatic N) is 1. The Bertz CT molecular complexity index is 217. The topological polar surface area (TPSA) is 32.3 Å². The van der Waals surface area contributed by atoms with Gasteiger partial charge in [0, 0.05) is 6.54 Å². The smallest absolute Gasteiger partial charge is 0.332 e. The Kier molecular flexibility index (Phi) is 3.36. The van der Waals surface area contributed by atoms with Crippen molar-refractivity contribution in [3.8, 4) is 0 Å². The van der Waals surface area contributed by atoms with Gasteiger partial charge < -0.3 is 10.2 Å². The van der Waals surface area contributed by atoms with Gasteiger partial charge in [0.05, 0.1) is 6.04 Å². The third-order valence-corrected chi connectivity index (χ3v) is 2.25. The van der Waals surface area contributed by atoms with Crippen LogP contribution in [-0.2, 0) is 4.79 Å². The molecular weight excluding hydrogens is 197 g/mol. The molecule has 0 spiro atoms. The summed E-state index contributed by atoms with van der Waals surface area (Å²) in [5.74, 6) is -0.448. The van der Waals surface area contributed by atoms with E-state index in [9.17, 15) is 18.0 Å². The van der Waals surface area contributed by atoms with Crippen LogP contribution in [0.15, 0.2) is 0 Å². The van der Waals surface area contributed by atoms with Crippen molar-refractivity contribution >= 4 is 5.91 Å². The lowest BCUT2D eigenvalue weighted by Gasteiger charge is -2.32. The fourth-order valence-electron chi connectivity index (χ4n) is 1.58. The summed E-state index contributed by atoms with van der Waals surface area (Å²) in [5, 5.41) is 2.71. The molecule has 0 radical (unpaired) electrons. The molecular formula is C8H13F3N2O. The number of nitrogens with one attached hydrogen (secondary N) is 1. The second kappa shape index (κ2) is 4.16. The molecule has 0 aliphatic carbocycles. The third kappa shape index (κ3) is 2.87. The van der Waals surface area contributed by atoms with E-state index < -0.39 is 24.7 Å². The summed E-state index contributed by atoms with van der Waals surface area (Å²) in [6.07, 6.45) is -3.07. The van der Waals surface area contributed by atoms with Crippen molar-refractivity contribution in [2.24, 2.45) is 0 Å². The number of piperidine rings is 1. The third-order valence-electron chi connectivity index (χ3n) is 2.25. The number of rotatable bonds is 2. The molecule has 14 heavy (non-hydrogen) atoms. The maximum atomic E-state index is 12.0. The van der Waals surface area contributed by atoms with E-state index in [1.807, 2.05) is 0 Å². The molecule has 3 nitrogen and oxygen atoms in total. The van der Waals surface area contributed by atoms with Crippen molar-refractivity contribution in [2.75, 3.05) is 20.1 Å². The molecule has 82 valence electrons. The van der Waals surface area contributed by atoms with Crippen LogP contribution >= 0.6 is 0 Å². The fraction of sp³-hybridized carbons (Fsp3) is 0.875. The molecule has 1 aliphatic heterocycles. The van der Waals surface area contributed by atoms with E-state index in [0.717, 1.165) is 4.90 Å². The highest BCUT2D eigenvalue weighted by atomic mass is 19.4. The first-order valence-electron chi connectivity index (χ1n) is 4.47. The van der Waals surface area contributed by atoms with Gasteiger partial charge >= 0.3 is 6.18 Å². The van der Waals surface area contributed by atoms with Gasteiger partial charge in [-0.3, -0.25) is 4.79 Å². The molecule has 1 saturated heterocycles. The van der Waals surface area contributed by atoms with E-state index in [2.05, 4.69) is 5.32 Å². The number of likely N-dealkylation sites (N-methyl/N-ethyl adjacent to an activating group) is 1. The lowest BCUT2D eigenvalue weighted by molar-refractivity contribution is -0.164. The second-order valence-corrected chi connectivity index (χ2v) is 3.36. The maximum Gasteiger partial charge on any atom is 0.406 e. The standard InChI is InChI=1S/C8H13F3N2O/c1-12-6-3-2-4-13(7(6)14)5-8(9,10)11/h6,12H,2-5H2,1H3. The molecule has 0 bridgehead atoms. The largest absolute Gasteiger partial charge is 0.406 e. The van der Waals surface area contributed by atoms with Crippen LogP contribution in [0.5, 0.6) is 0 Å². The van der Waals surface area contributed by atoms with Gasteiger partial charge in [0.2, 0.25) is 5.91 Å². The van der Waals surface area contributed by atoms with Crippen molar-refractivity contribution in [3.05, 3.63) is 0 Å². The summed E-state index contributed by atoms with van der Waals surface area (Å²) >= 11 is 0. The van der Waals surface area contributed by atoms with Crippen LogP contribution in [0.1, 0.15) is 12.8 Å². The number of carbonyl (C=O) groups is 1. The van der Waals surface area contributed by atoms with Crippen molar-refractivity contribution in [1.82, 2.24) is 10.2 Å². The Balaban J connectivity index is 2.57. The quantitative estimate of drug-likeness (QED) is 0.729. The Morgan fingerprint density at radius 2 is 2.21 bits per heavy atom. The SMILES string of the molecule is CNC1CCCN(CC(F)(F)F)C1=O. The Morgan fingerprint density at radius 3 is 2.71 bits per heavy atom. The van der Waals surface area contributed by atoms with Gasteiger partial charge in [-0.25, -0.2) is 0 Å². The number of hydrogen-bond donors (Lipinski definition) is 1. The number of halogens is 3. The maximum absolute atomic E-state index is 12.0. The predicted molar refractivity (Wildman–Crippen MR) is 44.7 cm³/mol. The van der Waals surface area contributed by atoms with Crippen LogP contribution in [0.3, 0.4) is 0 Å². The van der Waals surface area contributed by atoms with Gasteiger partial charge in [0.1, 0.15) is 6.54 Å². The predicted octanol–water partition coefficient (Wildman–Crippen LogP) is 0.759. The van der Waals surface area contributed by atoms with Crippen molar-refractivity contribution in [3.63, 3.8) is 0 Å². The highest BCUT2D eigenvalue weighted by Gasteiger charge is 2.36. The molecule has 1 amide bonds. The molecule has 0 saturated carbocycles. The zero-order valence-corrected chi connectivity index (χ0v) is 7.90. The molecule has 1 heterocycles. The van der Waals surface area contributed by atoms with E-state index in [1.165, 1.54) is 0 Å². The van der Waals surface area contributed by atoms with Crippen LogP contribution in [0.25, 0.3) is 0 Å². The van der Waals surface area contributed by atoms with Gasteiger partial charge in [-0.05, 0) is 19.9 Å². The minimum Gasteiger partial charge on any atom is -0.332 e. The Hall–Kier alpha value is -0.780. The first-order valence-corrected chi connectivity index (χ1v) is 4.47. The average Bonchev–Trinajstić information content (AvgIpc) is 2.06. The molecule has 0 aromatic carbocycles. The van der Waals surface area contributed by atoms with Crippen LogP contribution in [-0.4, -0.2) is 43.2 Å². The summed E-state index contributed by atoms with van der Waals surface area (Å²) in [4.78, 5) is 12.3. The number of alkyl halides is 3. The molecule has 1 aliphatic rings. The summed E-state index contributed by atoms with van der Waals surface area (Å²) in [7, 11) is 1.58. The zero-order chi connectivity index (χ0) is 10.8. The van der Waals surface area contributed by atoms with Crippen LogP contribution in [0, 0.1) is 0 Å². The highest BCUT2D eigenvalue weighted by molar-refractivity contribution is 5.82. The van der Waals surface area contributed by atoms with E-state index in [-0.39, 0.29) is 6.54 Å². The fourth-order valence-corrected chi connectivity index (χ4v) is 1.58. The zero-order valence-electron chi connectivity index (χ0n) is 7.90. The molecule has 1 N–H and O–H groups in total. The minimum absolute atomic E-state index is 0.205. The van der Waals surface area contributed by atoms with E-state index in [0.29, 0.717) is 12.8 Å². The molecule has 1 atom stereocenters. The first kappa shape index (κ1) is 11.3. The molecule has 6 heteroatoms. The molecule has 0 aromatic heterocycles. The highest BCUT2D eigenvalue weighted by Crippen LogP contribution is 2.20. The number of carbonyl (C=O) groups excluding carboxylic acids is 1. The van der Waals surface area contributed by atoms with Crippen molar-refractivity contribution in [2.45, 2.75) is 25.1 Å². The summed E-state index contributed by atoms with van der Waals surface area (Å²) < 4.78 is 36.1. The van der Waals surface area contributed by atoms with Crippen LogP contribution in [0.2, 0.25) is 0 Å². The van der Waals surface area contributed by atoms with E-state index in [1.54, 1.807) is 7.05 Å². The summed E-state index contributed by atoms with van der Waals surface area (Å²) in [5.41, 5.74) is 0. The molecule has 1 fully saturated rings. The van der Waals surface area contributed by atoms with Gasteiger partial charge in [0.25, 0.3) is 0 Å². The lowest BCUT2D eigenvalue weighted by atomic mass is 10.1. The lowest BCUT2D eigenvalue weighted by Crippen LogP contribution is -2.52. The Morgan fingerprint density at radius 1 is 1.57 bits per heavy atom. The van der Waals surface area contributed by atoms with Gasteiger partial charge in [-0.15, -0.1) is 0 Å². The van der Waals surface area contributed by atoms with Crippen LogP contribution < -0.4 is 5.32 Å². The summed E-state index contributed by atoms with van der Waals surface area (Å²) in [6.45, 7) is -0.930. The normalized spacial score (nSPS) is 24.1. The van der Waals surface area contributed by atoms with Crippen molar-refractivity contribution < 1.29 is 18.0 Å². The van der Waals surface area contributed by atoms with Gasteiger partial charge in [0.15, 0.2) is 0 Å². The molecule has 1 rings (SSSR count). The Labute approximate surface area is 80.3 Å². The first-order chi connectivity index (χ1) is 6.44. The van der Waals surface area contributed by atoms with Crippen molar-refractivity contribution in [1.29, 1.82) is 0 Å². The van der Waals surface area contributed by atoms with Gasteiger partial charge in [-0.1, -0.05) is 0 Å². The van der Waals surface area contributed by atoms with E-state index in [4.69, 9.17) is 0 Å². The molecule has 0 aromatic rings. The molecule has 1 unspecified atom stereocenters. The average molecular weight is 210 g/mol. The van der Waals surface area contributed by atoms with Crippen LogP contribution in [0.4, 0.5) is 13.2 Å². The minimum atomic E-state index is -4.30.